The minimum atomic E-state index is -0.0302. The summed E-state index contributed by atoms with van der Waals surface area (Å²) >= 11 is 0. The van der Waals surface area contributed by atoms with Gasteiger partial charge < -0.3 is 14.2 Å². The summed E-state index contributed by atoms with van der Waals surface area (Å²) in [6.07, 6.45) is 2.34. The number of carbonyl (C=O) groups is 1. The Kier molecular flexibility index (Phi) is 4.50. The van der Waals surface area contributed by atoms with E-state index in [1.807, 2.05) is 23.1 Å². The molecular formula is C18H22N4O3. The van der Waals surface area contributed by atoms with Crippen molar-refractivity contribution in [3.8, 4) is 0 Å². The van der Waals surface area contributed by atoms with E-state index in [9.17, 15) is 4.79 Å². The van der Waals surface area contributed by atoms with Gasteiger partial charge in [-0.3, -0.25) is 9.69 Å². The molecule has 1 saturated heterocycles. The molecule has 1 atom stereocenters. The molecule has 2 aliphatic heterocycles. The van der Waals surface area contributed by atoms with Crippen molar-refractivity contribution in [2.45, 2.75) is 39.0 Å². The van der Waals surface area contributed by atoms with Crippen LogP contribution in [-0.2, 0) is 22.7 Å². The Bertz CT molecular complexity index is 760. The molecule has 1 amide bonds. The summed E-state index contributed by atoms with van der Waals surface area (Å²) in [6, 6.07) is 8.58. The highest BCUT2D eigenvalue weighted by molar-refractivity contribution is 5.95. The second-order valence-corrected chi connectivity index (χ2v) is 6.63. The SMILES string of the molecule is Cc1noc(COCC(=O)N2C[C@@H]3CCCN3Cc3ccccc32)n1. The molecule has 0 unspecified atom stereocenters. The van der Waals surface area contributed by atoms with E-state index in [-0.39, 0.29) is 19.1 Å². The molecule has 1 fully saturated rings. The molecule has 25 heavy (non-hydrogen) atoms. The number of amides is 1. The molecule has 7 nitrogen and oxygen atoms in total. The Balaban J connectivity index is 1.46. The summed E-state index contributed by atoms with van der Waals surface area (Å²) in [6.45, 7) is 4.64. The summed E-state index contributed by atoms with van der Waals surface area (Å²) in [7, 11) is 0. The summed E-state index contributed by atoms with van der Waals surface area (Å²) in [5.74, 6) is 0.925. The number of nitrogens with zero attached hydrogens (tertiary/aromatic N) is 4. The maximum absolute atomic E-state index is 12.8. The van der Waals surface area contributed by atoms with Gasteiger partial charge in [-0.1, -0.05) is 23.4 Å². The zero-order valence-corrected chi connectivity index (χ0v) is 14.4. The Morgan fingerprint density at radius 2 is 2.28 bits per heavy atom. The van der Waals surface area contributed by atoms with Gasteiger partial charge in [0.1, 0.15) is 13.2 Å². The second-order valence-electron chi connectivity index (χ2n) is 6.63. The predicted molar refractivity (Wildman–Crippen MR) is 90.9 cm³/mol. The second kappa shape index (κ2) is 6.93. The van der Waals surface area contributed by atoms with Crippen LogP contribution in [-0.4, -0.2) is 46.7 Å². The summed E-state index contributed by atoms with van der Waals surface area (Å²) in [4.78, 5) is 21.3. The van der Waals surface area contributed by atoms with Crippen LogP contribution in [0.15, 0.2) is 28.8 Å². The van der Waals surface area contributed by atoms with Crippen LogP contribution in [0.1, 0.15) is 30.1 Å². The average molecular weight is 342 g/mol. The zero-order valence-electron chi connectivity index (χ0n) is 14.4. The molecule has 1 aromatic heterocycles. The maximum Gasteiger partial charge on any atom is 0.253 e. The maximum atomic E-state index is 12.8. The lowest BCUT2D eigenvalue weighted by Gasteiger charge is -2.26. The lowest BCUT2D eigenvalue weighted by molar-refractivity contribution is -0.123. The van der Waals surface area contributed by atoms with E-state index in [1.165, 1.54) is 12.0 Å². The van der Waals surface area contributed by atoms with E-state index < -0.39 is 0 Å². The molecule has 2 aromatic rings. The summed E-state index contributed by atoms with van der Waals surface area (Å²) in [5.41, 5.74) is 2.20. The standard InChI is InChI=1S/C18H22N4O3/c1-13-19-17(25-20-13)11-24-12-18(23)22-10-15-6-4-8-21(15)9-14-5-2-3-7-16(14)22/h2-3,5,7,15H,4,6,8-12H2,1H3/t15-/m0/s1. The molecular weight excluding hydrogens is 320 g/mol. The van der Waals surface area contributed by atoms with Gasteiger partial charge in [0, 0.05) is 24.8 Å². The zero-order chi connectivity index (χ0) is 17.2. The van der Waals surface area contributed by atoms with Crippen molar-refractivity contribution in [3.05, 3.63) is 41.5 Å². The molecule has 0 saturated carbocycles. The molecule has 0 N–H and O–H groups in total. The van der Waals surface area contributed by atoms with E-state index in [4.69, 9.17) is 9.26 Å². The number of benzene rings is 1. The van der Waals surface area contributed by atoms with Crippen LogP contribution in [0, 0.1) is 6.92 Å². The minimum absolute atomic E-state index is 0.00246. The first-order valence-corrected chi connectivity index (χ1v) is 8.70. The van der Waals surface area contributed by atoms with Crippen molar-refractivity contribution in [2.75, 3.05) is 24.6 Å². The lowest BCUT2D eigenvalue weighted by atomic mass is 10.1. The topological polar surface area (TPSA) is 71.7 Å². The smallest absolute Gasteiger partial charge is 0.253 e. The third-order valence-corrected chi connectivity index (χ3v) is 4.87. The van der Waals surface area contributed by atoms with Gasteiger partial charge in [0.2, 0.25) is 0 Å². The Morgan fingerprint density at radius 1 is 1.40 bits per heavy atom. The molecule has 132 valence electrons. The summed E-state index contributed by atoms with van der Waals surface area (Å²) < 4.78 is 10.5. The molecule has 1 aromatic carbocycles. The predicted octanol–water partition coefficient (Wildman–Crippen LogP) is 1.91. The number of aryl methyl sites for hydroxylation is 1. The third kappa shape index (κ3) is 3.43. The number of hydrogen-bond donors (Lipinski definition) is 0. The fourth-order valence-electron chi connectivity index (χ4n) is 3.68. The highest BCUT2D eigenvalue weighted by Gasteiger charge is 2.33. The number of fused-ring (bicyclic) bond motifs is 2. The molecule has 0 aliphatic carbocycles. The van der Waals surface area contributed by atoms with Gasteiger partial charge in [-0.25, -0.2) is 0 Å². The number of anilines is 1. The van der Waals surface area contributed by atoms with Crippen molar-refractivity contribution in [1.29, 1.82) is 0 Å². The van der Waals surface area contributed by atoms with Gasteiger partial charge in [0.15, 0.2) is 5.82 Å². The van der Waals surface area contributed by atoms with E-state index in [2.05, 4.69) is 21.1 Å². The van der Waals surface area contributed by atoms with Gasteiger partial charge in [0.05, 0.1) is 0 Å². The Labute approximate surface area is 146 Å². The fraction of sp³-hybridized carbons (Fsp3) is 0.500. The highest BCUT2D eigenvalue weighted by Crippen LogP contribution is 2.31. The van der Waals surface area contributed by atoms with Gasteiger partial charge in [-0.05, 0) is 37.9 Å². The van der Waals surface area contributed by atoms with Crippen molar-refractivity contribution < 1.29 is 14.1 Å². The fourth-order valence-corrected chi connectivity index (χ4v) is 3.68. The third-order valence-electron chi connectivity index (χ3n) is 4.87. The number of aromatic nitrogens is 2. The first-order valence-electron chi connectivity index (χ1n) is 8.70. The van der Waals surface area contributed by atoms with Gasteiger partial charge >= 0.3 is 0 Å². The normalized spacial score (nSPS) is 20.2. The molecule has 0 radical (unpaired) electrons. The number of carbonyl (C=O) groups excluding carboxylic acids is 1. The number of rotatable bonds is 4. The van der Waals surface area contributed by atoms with Crippen molar-refractivity contribution in [3.63, 3.8) is 0 Å². The Morgan fingerprint density at radius 3 is 3.12 bits per heavy atom. The molecule has 0 bridgehead atoms. The molecule has 7 heteroatoms. The van der Waals surface area contributed by atoms with E-state index >= 15 is 0 Å². The summed E-state index contributed by atoms with van der Waals surface area (Å²) in [5, 5.41) is 3.72. The first-order chi connectivity index (χ1) is 12.2. The number of hydrogen-bond acceptors (Lipinski definition) is 6. The van der Waals surface area contributed by atoms with Crippen LogP contribution in [0.3, 0.4) is 0 Å². The van der Waals surface area contributed by atoms with Crippen LogP contribution in [0.4, 0.5) is 5.69 Å². The monoisotopic (exact) mass is 342 g/mol. The Hall–Kier alpha value is -2.25. The van der Waals surface area contributed by atoms with Gasteiger partial charge in [-0.2, -0.15) is 4.98 Å². The van der Waals surface area contributed by atoms with E-state index in [1.54, 1.807) is 6.92 Å². The van der Waals surface area contributed by atoms with Crippen molar-refractivity contribution in [1.82, 2.24) is 15.0 Å². The average Bonchev–Trinajstić information content (AvgIpc) is 3.19. The molecule has 3 heterocycles. The van der Waals surface area contributed by atoms with Crippen molar-refractivity contribution >= 4 is 11.6 Å². The highest BCUT2D eigenvalue weighted by atomic mass is 16.5. The van der Waals surface area contributed by atoms with Gasteiger partial charge in [0.25, 0.3) is 11.8 Å². The quantitative estimate of drug-likeness (QED) is 0.845. The van der Waals surface area contributed by atoms with E-state index in [0.29, 0.717) is 17.8 Å². The molecule has 4 rings (SSSR count). The minimum Gasteiger partial charge on any atom is -0.362 e. The van der Waals surface area contributed by atoms with Crippen LogP contribution in [0.25, 0.3) is 0 Å². The largest absolute Gasteiger partial charge is 0.362 e. The van der Waals surface area contributed by atoms with Crippen LogP contribution in [0.2, 0.25) is 0 Å². The van der Waals surface area contributed by atoms with E-state index in [0.717, 1.165) is 31.7 Å². The molecule has 0 spiro atoms. The first kappa shape index (κ1) is 16.2. The van der Waals surface area contributed by atoms with Crippen LogP contribution in [0.5, 0.6) is 0 Å². The van der Waals surface area contributed by atoms with Crippen LogP contribution >= 0.6 is 0 Å². The van der Waals surface area contributed by atoms with Crippen LogP contribution < -0.4 is 4.90 Å². The number of para-hydroxylation sites is 1. The van der Waals surface area contributed by atoms with Gasteiger partial charge in [-0.15, -0.1) is 0 Å². The molecule has 2 aliphatic rings. The van der Waals surface area contributed by atoms with Crippen molar-refractivity contribution in [2.24, 2.45) is 0 Å². The number of ether oxygens (including phenoxy) is 1. The lowest BCUT2D eigenvalue weighted by Crippen LogP contribution is -2.42.